The molecule has 0 unspecified atom stereocenters. The van der Waals surface area contributed by atoms with Gasteiger partial charge in [-0.25, -0.2) is 0 Å². The van der Waals surface area contributed by atoms with E-state index >= 15 is 0 Å². The van der Waals surface area contributed by atoms with Crippen molar-refractivity contribution >= 4 is 21.7 Å². The molecule has 1 aromatic heterocycles. The van der Waals surface area contributed by atoms with Crippen LogP contribution in [0.1, 0.15) is 0 Å². The first-order valence-corrected chi connectivity index (χ1v) is 8.56. The van der Waals surface area contributed by atoms with Gasteiger partial charge in [-0.3, -0.25) is 0 Å². The Hall–Kier alpha value is -3.32. The average molecular weight is 319 g/mol. The summed E-state index contributed by atoms with van der Waals surface area (Å²) in [6.07, 6.45) is 0. The Morgan fingerprint density at radius 3 is 2.08 bits per heavy atom. The smallest absolute Gasteiger partial charge is 0.0547 e. The van der Waals surface area contributed by atoms with Gasteiger partial charge >= 0.3 is 0 Å². The zero-order valence-electron chi connectivity index (χ0n) is 13.8. The maximum absolute atomic E-state index is 2.36. The molecule has 0 spiro atoms. The molecule has 0 amide bonds. The van der Waals surface area contributed by atoms with Crippen molar-refractivity contribution in [1.82, 2.24) is 4.57 Å². The largest absolute Gasteiger partial charge is 0.309 e. The Bertz CT molecular complexity index is 1180. The Labute approximate surface area is 146 Å². The van der Waals surface area contributed by atoms with Crippen molar-refractivity contribution in [2.75, 3.05) is 0 Å². The summed E-state index contributed by atoms with van der Waals surface area (Å²) in [5, 5.41) is 3.81. The van der Waals surface area contributed by atoms with Crippen LogP contribution < -0.4 is 0 Å². The minimum Gasteiger partial charge on any atom is -0.309 e. The predicted molar refractivity (Wildman–Crippen MR) is 106 cm³/mol. The van der Waals surface area contributed by atoms with Crippen LogP contribution in [-0.4, -0.2) is 4.57 Å². The summed E-state index contributed by atoms with van der Waals surface area (Å²) < 4.78 is 2.36. The van der Waals surface area contributed by atoms with Crippen LogP contribution >= 0.6 is 0 Å². The number of hydrogen-bond acceptors (Lipinski definition) is 0. The molecule has 0 aliphatic heterocycles. The van der Waals surface area contributed by atoms with Crippen molar-refractivity contribution in [2.24, 2.45) is 0 Å². The van der Waals surface area contributed by atoms with Crippen LogP contribution in [0.5, 0.6) is 0 Å². The van der Waals surface area contributed by atoms with Crippen molar-refractivity contribution in [3.8, 4) is 16.9 Å². The first-order valence-electron chi connectivity index (χ1n) is 8.56. The standard InChI is InChI=1S/C24H17N/c1-2-12-20(13-3-1)25-23-16-7-5-10-19(23)17-24(25)22-15-8-11-18-9-4-6-14-21(18)22/h1-17H. The number of rotatable bonds is 2. The second kappa shape index (κ2) is 5.64. The van der Waals surface area contributed by atoms with E-state index < -0.39 is 0 Å². The van der Waals surface area contributed by atoms with Crippen LogP contribution in [0.3, 0.4) is 0 Å². The predicted octanol–water partition coefficient (Wildman–Crippen LogP) is 6.45. The summed E-state index contributed by atoms with van der Waals surface area (Å²) in [5.74, 6) is 0. The highest BCUT2D eigenvalue weighted by molar-refractivity contribution is 5.99. The number of hydrogen-bond donors (Lipinski definition) is 0. The zero-order valence-corrected chi connectivity index (χ0v) is 13.8. The lowest BCUT2D eigenvalue weighted by Crippen LogP contribution is -1.96. The third-order valence-corrected chi connectivity index (χ3v) is 4.79. The van der Waals surface area contributed by atoms with Crippen molar-refractivity contribution < 1.29 is 0 Å². The van der Waals surface area contributed by atoms with Crippen LogP contribution in [0.2, 0.25) is 0 Å². The first kappa shape index (κ1) is 14.1. The molecule has 1 heterocycles. The van der Waals surface area contributed by atoms with E-state index in [1.54, 1.807) is 0 Å². The van der Waals surface area contributed by atoms with Gasteiger partial charge in [0.25, 0.3) is 0 Å². The Kier molecular flexibility index (Phi) is 3.17. The molecule has 0 aliphatic rings. The molecule has 0 saturated heterocycles. The van der Waals surface area contributed by atoms with E-state index in [4.69, 9.17) is 0 Å². The van der Waals surface area contributed by atoms with Crippen LogP contribution in [0.4, 0.5) is 0 Å². The monoisotopic (exact) mass is 319 g/mol. The maximum Gasteiger partial charge on any atom is 0.0547 e. The molecule has 0 bridgehead atoms. The zero-order chi connectivity index (χ0) is 16.6. The number of aromatic nitrogens is 1. The van der Waals surface area contributed by atoms with E-state index in [0.29, 0.717) is 0 Å². The van der Waals surface area contributed by atoms with Gasteiger partial charge in [0.2, 0.25) is 0 Å². The lowest BCUT2D eigenvalue weighted by molar-refractivity contribution is 1.14. The third-order valence-electron chi connectivity index (χ3n) is 4.79. The van der Waals surface area contributed by atoms with E-state index in [2.05, 4.69) is 108 Å². The van der Waals surface area contributed by atoms with E-state index in [1.807, 2.05) is 0 Å². The summed E-state index contributed by atoms with van der Waals surface area (Å²) in [6, 6.07) is 36.6. The number of benzene rings is 4. The number of fused-ring (bicyclic) bond motifs is 2. The summed E-state index contributed by atoms with van der Waals surface area (Å²) in [6.45, 7) is 0. The van der Waals surface area contributed by atoms with Crippen molar-refractivity contribution in [2.45, 2.75) is 0 Å². The van der Waals surface area contributed by atoms with Crippen molar-refractivity contribution in [3.05, 3.63) is 103 Å². The lowest BCUT2D eigenvalue weighted by atomic mass is 10.0. The van der Waals surface area contributed by atoms with E-state index in [9.17, 15) is 0 Å². The van der Waals surface area contributed by atoms with Gasteiger partial charge in [0, 0.05) is 16.6 Å². The minimum atomic E-state index is 1.19. The number of para-hydroxylation sites is 2. The van der Waals surface area contributed by atoms with E-state index in [0.717, 1.165) is 0 Å². The highest BCUT2D eigenvalue weighted by atomic mass is 15.0. The average Bonchev–Trinajstić information content (AvgIpc) is 3.07. The Morgan fingerprint density at radius 2 is 1.20 bits per heavy atom. The molecule has 0 atom stereocenters. The fraction of sp³-hybridized carbons (Fsp3) is 0. The van der Waals surface area contributed by atoms with Gasteiger partial charge in [-0.05, 0) is 35.0 Å². The normalized spacial score (nSPS) is 11.2. The molecule has 0 saturated carbocycles. The molecular formula is C24H17N. The van der Waals surface area contributed by atoms with Gasteiger partial charge in [-0.1, -0.05) is 78.9 Å². The fourth-order valence-corrected chi connectivity index (χ4v) is 3.66. The van der Waals surface area contributed by atoms with Crippen LogP contribution in [0.15, 0.2) is 103 Å². The van der Waals surface area contributed by atoms with Gasteiger partial charge in [-0.15, -0.1) is 0 Å². The second-order valence-electron chi connectivity index (χ2n) is 6.29. The molecule has 0 radical (unpaired) electrons. The van der Waals surface area contributed by atoms with E-state index in [-0.39, 0.29) is 0 Å². The molecule has 5 rings (SSSR count). The third kappa shape index (κ3) is 2.25. The van der Waals surface area contributed by atoms with Gasteiger partial charge in [0.15, 0.2) is 0 Å². The molecule has 0 N–H and O–H groups in total. The molecule has 5 aromatic rings. The molecule has 0 aliphatic carbocycles. The molecule has 25 heavy (non-hydrogen) atoms. The summed E-state index contributed by atoms with van der Waals surface area (Å²) in [4.78, 5) is 0. The van der Waals surface area contributed by atoms with Crippen LogP contribution in [0.25, 0.3) is 38.6 Å². The summed E-state index contributed by atoms with van der Waals surface area (Å²) in [5.41, 5.74) is 4.91. The van der Waals surface area contributed by atoms with Crippen molar-refractivity contribution in [3.63, 3.8) is 0 Å². The quantitative estimate of drug-likeness (QED) is 0.352. The van der Waals surface area contributed by atoms with Gasteiger partial charge in [0.05, 0.1) is 11.2 Å². The first-order chi connectivity index (χ1) is 12.4. The van der Waals surface area contributed by atoms with Gasteiger partial charge < -0.3 is 4.57 Å². The molecule has 4 aromatic carbocycles. The van der Waals surface area contributed by atoms with E-state index in [1.165, 1.54) is 38.6 Å². The second-order valence-corrected chi connectivity index (χ2v) is 6.29. The molecular weight excluding hydrogens is 302 g/mol. The Morgan fingerprint density at radius 1 is 0.520 bits per heavy atom. The molecule has 118 valence electrons. The highest BCUT2D eigenvalue weighted by Crippen LogP contribution is 2.35. The SMILES string of the molecule is c1ccc(-n2c(-c3cccc4ccccc34)cc3ccccc32)cc1. The maximum atomic E-state index is 2.36. The summed E-state index contributed by atoms with van der Waals surface area (Å²) >= 11 is 0. The topological polar surface area (TPSA) is 4.93 Å². The van der Waals surface area contributed by atoms with Crippen LogP contribution in [-0.2, 0) is 0 Å². The molecule has 1 nitrogen and oxygen atoms in total. The van der Waals surface area contributed by atoms with Crippen LogP contribution in [0, 0.1) is 0 Å². The highest BCUT2D eigenvalue weighted by Gasteiger charge is 2.13. The van der Waals surface area contributed by atoms with Crippen molar-refractivity contribution in [1.29, 1.82) is 0 Å². The van der Waals surface area contributed by atoms with Gasteiger partial charge in [-0.2, -0.15) is 0 Å². The minimum absolute atomic E-state index is 1.19. The fourth-order valence-electron chi connectivity index (χ4n) is 3.66. The lowest BCUT2D eigenvalue weighted by Gasteiger charge is -2.13. The molecule has 1 heteroatoms. The summed E-state index contributed by atoms with van der Waals surface area (Å²) in [7, 11) is 0. The van der Waals surface area contributed by atoms with Gasteiger partial charge in [0.1, 0.15) is 0 Å². The Balaban J connectivity index is 1.91. The number of nitrogens with zero attached hydrogens (tertiary/aromatic N) is 1. The molecule has 0 fully saturated rings.